The maximum absolute atomic E-state index is 14.8. The quantitative estimate of drug-likeness (QED) is 0.125. The average molecular weight is 795 g/mol. The number of hydrogen-bond donors (Lipinski definition) is 2. The van der Waals surface area contributed by atoms with Crippen LogP contribution in [-0.2, 0) is 29.9 Å². The van der Waals surface area contributed by atoms with Crippen molar-refractivity contribution in [2.75, 3.05) is 30.1 Å². The van der Waals surface area contributed by atoms with Crippen molar-refractivity contribution >= 4 is 27.5 Å². The number of alkyl halides is 9. The molecule has 1 aliphatic carbocycles. The first kappa shape index (κ1) is 42.7. The van der Waals surface area contributed by atoms with Crippen molar-refractivity contribution in [1.29, 1.82) is 0 Å². The van der Waals surface area contributed by atoms with E-state index in [-0.39, 0.29) is 58.9 Å². The molecule has 2 atom stereocenters. The van der Waals surface area contributed by atoms with Crippen LogP contribution in [0.3, 0.4) is 0 Å². The highest BCUT2D eigenvalue weighted by Crippen LogP contribution is 2.42. The minimum Gasteiger partial charge on any atom is -0.489 e. The zero-order chi connectivity index (χ0) is 40.0. The summed E-state index contributed by atoms with van der Waals surface area (Å²) in [6.07, 6.45) is -6.30. The highest BCUT2D eigenvalue weighted by molar-refractivity contribution is 8.14. The molecule has 17 heteroatoms. The molecule has 2 aromatic carbocycles. The van der Waals surface area contributed by atoms with E-state index in [2.05, 4.69) is 10.4 Å². The van der Waals surface area contributed by atoms with Gasteiger partial charge in [-0.3, -0.25) is 4.79 Å². The molecule has 1 saturated carbocycles. The molecule has 1 unspecified atom stereocenters. The van der Waals surface area contributed by atoms with Gasteiger partial charge in [-0.25, -0.2) is 4.68 Å². The van der Waals surface area contributed by atoms with E-state index in [4.69, 9.17) is 4.74 Å². The lowest BCUT2D eigenvalue weighted by Crippen LogP contribution is -2.26. The smallest absolute Gasteiger partial charge is 0.418 e. The molecule has 0 amide bonds. The molecule has 2 N–H and O–H groups in total. The first-order chi connectivity index (χ1) is 25.2. The second-order valence-electron chi connectivity index (χ2n) is 13.1. The molecule has 0 aliphatic heterocycles. The molecule has 1 fully saturated rings. The number of carboxylic acids is 1. The molecule has 1 heterocycles. The molecule has 0 bridgehead atoms. The second kappa shape index (κ2) is 17.6. The molecule has 0 saturated heterocycles. The third-order valence-electron chi connectivity index (χ3n) is 9.32. The zero-order valence-corrected chi connectivity index (χ0v) is 30.9. The molecule has 3 aromatic rings. The number of ether oxygens (including phenoxy) is 1. The lowest BCUT2D eigenvalue weighted by atomic mass is 9.84. The van der Waals surface area contributed by atoms with Crippen molar-refractivity contribution in [2.45, 2.75) is 84.0 Å². The summed E-state index contributed by atoms with van der Waals surface area (Å²) >= 11 is 0. The number of hydrogen-bond acceptors (Lipinski definition) is 5. The van der Waals surface area contributed by atoms with Gasteiger partial charge < -0.3 is 20.1 Å². The Morgan fingerprint density at radius 2 is 1.69 bits per heavy atom. The number of rotatable bonds is 14. The van der Waals surface area contributed by atoms with E-state index in [0.29, 0.717) is 49.3 Å². The number of aliphatic carboxylic acids is 1. The zero-order valence-electron chi connectivity index (χ0n) is 30.1. The maximum Gasteiger partial charge on any atom is 0.418 e. The van der Waals surface area contributed by atoms with E-state index < -0.39 is 59.5 Å². The first-order valence-electron chi connectivity index (χ1n) is 17.2. The number of nitrogens with zero attached hydrogens (tertiary/aromatic N) is 3. The van der Waals surface area contributed by atoms with Crippen LogP contribution < -0.4 is 15.0 Å². The molecule has 7 nitrogen and oxygen atoms in total. The van der Waals surface area contributed by atoms with Crippen LogP contribution in [0.15, 0.2) is 54.5 Å². The average Bonchev–Trinajstić information content (AvgIpc) is 3.56. The van der Waals surface area contributed by atoms with Crippen molar-refractivity contribution in [3.63, 3.8) is 0 Å². The van der Waals surface area contributed by atoms with Crippen molar-refractivity contribution in [1.82, 2.24) is 15.1 Å². The normalized spacial score (nSPS) is 16.7. The Morgan fingerprint density at radius 1 is 1.06 bits per heavy atom. The highest BCUT2D eigenvalue weighted by atomic mass is 32.2. The summed E-state index contributed by atoms with van der Waals surface area (Å²) in [5.41, 5.74) is -3.59. The van der Waals surface area contributed by atoms with Crippen LogP contribution in [0, 0.1) is 5.92 Å². The highest BCUT2D eigenvalue weighted by Gasteiger charge is 2.39. The van der Waals surface area contributed by atoms with Gasteiger partial charge in [0.05, 0.1) is 41.4 Å². The summed E-state index contributed by atoms with van der Waals surface area (Å²) in [5, 5.41) is 18.3. The predicted octanol–water partition coefficient (Wildman–Crippen LogP) is 10.3. The molecule has 1 aromatic heterocycles. The first-order valence-corrected chi connectivity index (χ1v) is 19.1. The van der Waals surface area contributed by atoms with Crippen LogP contribution in [0.25, 0.3) is 5.69 Å². The Morgan fingerprint density at radius 3 is 2.22 bits per heavy atom. The topological polar surface area (TPSA) is 79.6 Å². The minimum absolute atomic E-state index is 0.0117. The van der Waals surface area contributed by atoms with E-state index in [9.17, 15) is 49.4 Å². The van der Waals surface area contributed by atoms with Crippen LogP contribution in [0.4, 0.5) is 45.2 Å². The number of nitrogens with one attached hydrogen (secondary N) is 1. The van der Waals surface area contributed by atoms with Gasteiger partial charge in [0.2, 0.25) is 0 Å². The van der Waals surface area contributed by atoms with Gasteiger partial charge in [-0.15, -0.1) is 0 Å². The number of benzene rings is 2. The van der Waals surface area contributed by atoms with Crippen LogP contribution >= 0.6 is 10.5 Å². The fourth-order valence-corrected chi connectivity index (χ4v) is 6.84. The number of allylic oxidation sites excluding steroid dienone is 1. The second-order valence-corrected chi connectivity index (χ2v) is 15.4. The standard InChI is InChI=1S/C37H43F9N4O3S/c1-5-49(21-25-9-7-24(8-10-25)15-33(51)52)32-12-11-31(37(44,45)46)34(50-22-29(19-48-50)53-13-14-54(4)6-2)30(32)20-47-23(3)26-16-27(35(38,39)40)18-28(17-26)36(41,42)43/h6,11-12,16-19,21-24,47H,5,7-10,13-15,20H2,1-4H3,(H,51,52)/t23-,24?,54?/m0/s1. The largest absolute Gasteiger partial charge is 0.489 e. The fourth-order valence-electron chi connectivity index (χ4n) is 6.25. The van der Waals surface area contributed by atoms with Crippen molar-refractivity contribution in [3.05, 3.63) is 82.3 Å². The van der Waals surface area contributed by atoms with E-state index >= 15 is 0 Å². The molecule has 298 valence electrons. The fraction of sp³-hybridized carbons (Fsp3) is 0.486. The van der Waals surface area contributed by atoms with Gasteiger partial charge in [-0.1, -0.05) is 10.9 Å². The van der Waals surface area contributed by atoms with Crippen LogP contribution in [-0.4, -0.2) is 51.4 Å². The van der Waals surface area contributed by atoms with Gasteiger partial charge in [0.25, 0.3) is 0 Å². The van der Waals surface area contributed by atoms with Crippen LogP contribution in [0.5, 0.6) is 5.75 Å². The van der Waals surface area contributed by atoms with Gasteiger partial charge >= 0.3 is 24.5 Å². The molecule has 54 heavy (non-hydrogen) atoms. The Bertz CT molecular complexity index is 1790. The van der Waals surface area contributed by atoms with Crippen molar-refractivity contribution < 1.29 is 54.2 Å². The minimum atomic E-state index is -5.09. The van der Waals surface area contributed by atoms with E-state index in [0.717, 1.165) is 16.3 Å². The number of carbonyl (C=O) groups is 1. The summed E-state index contributed by atoms with van der Waals surface area (Å²) in [6.45, 7) is 5.14. The summed E-state index contributed by atoms with van der Waals surface area (Å²) in [7, 11) is -0.0493. The Hall–Kier alpha value is -3.99. The summed E-state index contributed by atoms with van der Waals surface area (Å²) in [5.74, 6) is -0.0408. The van der Waals surface area contributed by atoms with Crippen LogP contribution in [0.1, 0.15) is 86.7 Å². The third kappa shape index (κ3) is 11.3. The van der Waals surface area contributed by atoms with E-state index in [1.54, 1.807) is 11.8 Å². The Labute approximate surface area is 310 Å². The lowest BCUT2D eigenvalue weighted by molar-refractivity contribution is -0.143. The predicted molar refractivity (Wildman–Crippen MR) is 191 cm³/mol. The maximum atomic E-state index is 14.8. The number of halogens is 9. The SMILES string of the molecule is C/C=S(\C)CCOc1cnn(-c2c(C(F)(F)F)ccc(N(C=C3CCC(CC(=O)O)CC3)CC)c2CN[C@@H](C)c2cc(C(F)(F)F)cc(C(F)(F)F)c2)c1. The van der Waals surface area contributed by atoms with Gasteiger partial charge in [0, 0.05) is 48.8 Å². The van der Waals surface area contributed by atoms with Gasteiger partial charge in [-0.05, 0) is 94.5 Å². The number of aromatic nitrogens is 2. The van der Waals surface area contributed by atoms with Gasteiger partial charge in [-0.2, -0.15) is 55.1 Å². The molecular formula is C37H43F9N4O3S. The number of carboxylic acid groups (broad SMARTS) is 1. The monoisotopic (exact) mass is 794 g/mol. The number of anilines is 1. The summed E-state index contributed by atoms with van der Waals surface area (Å²) < 4.78 is 133. The van der Waals surface area contributed by atoms with Gasteiger partial charge in [0.1, 0.15) is 0 Å². The molecule has 0 spiro atoms. The van der Waals surface area contributed by atoms with Crippen molar-refractivity contribution in [3.8, 4) is 11.4 Å². The Kier molecular flexibility index (Phi) is 14.0. The Balaban J connectivity index is 1.82. The van der Waals surface area contributed by atoms with Crippen molar-refractivity contribution in [2.24, 2.45) is 5.92 Å². The summed E-state index contributed by atoms with van der Waals surface area (Å²) in [4.78, 5) is 13.0. The van der Waals surface area contributed by atoms with E-state index in [1.807, 2.05) is 24.7 Å². The van der Waals surface area contributed by atoms with Gasteiger partial charge in [0.15, 0.2) is 5.75 Å². The third-order valence-corrected chi connectivity index (χ3v) is 10.9. The summed E-state index contributed by atoms with van der Waals surface area (Å²) in [6, 6.07) is 2.18. The molecule has 4 rings (SSSR count). The molecule has 1 aliphatic rings. The molecular weight excluding hydrogens is 751 g/mol. The van der Waals surface area contributed by atoms with Crippen LogP contribution in [0.2, 0.25) is 0 Å². The lowest BCUT2D eigenvalue weighted by Gasteiger charge is -2.29. The van der Waals surface area contributed by atoms with E-state index in [1.165, 1.54) is 25.4 Å². The molecule has 0 radical (unpaired) electrons.